The van der Waals surface area contributed by atoms with E-state index in [1.54, 1.807) is 7.11 Å². The molecule has 0 aromatic heterocycles. The molecule has 0 spiro atoms. The summed E-state index contributed by atoms with van der Waals surface area (Å²) in [6.07, 6.45) is 2.20. The highest BCUT2D eigenvalue weighted by Gasteiger charge is 2.37. The summed E-state index contributed by atoms with van der Waals surface area (Å²) in [5.41, 5.74) is 6.16. The summed E-state index contributed by atoms with van der Waals surface area (Å²) >= 11 is 0. The summed E-state index contributed by atoms with van der Waals surface area (Å²) in [4.78, 5) is 2.21. The maximum Gasteiger partial charge on any atom is 0.162 e. The zero-order valence-corrected chi connectivity index (χ0v) is 18.4. The Morgan fingerprint density at radius 2 is 1.62 bits per heavy atom. The maximum atomic E-state index is 14.2. The molecule has 0 fully saturated rings. The van der Waals surface area contributed by atoms with E-state index in [2.05, 4.69) is 30.1 Å². The molecule has 32 heavy (non-hydrogen) atoms. The molecular formula is C26H24F2N2O2. The molecule has 4 nitrogen and oxygen atoms in total. The predicted octanol–water partition coefficient (Wildman–Crippen LogP) is 6.21. The molecule has 3 aromatic carbocycles. The number of hydrogen-bond acceptors (Lipinski definition) is 4. The molecule has 2 aliphatic rings. The third-order valence-corrected chi connectivity index (χ3v) is 6.04. The summed E-state index contributed by atoms with van der Waals surface area (Å²) in [6, 6.07) is 14.1. The topological polar surface area (TPSA) is 33.7 Å². The lowest BCUT2D eigenvalue weighted by molar-refractivity contribution is 0.408. The van der Waals surface area contributed by atoms with Gasteiger partial charge in [0.05, 0.1) is 25.4 Å². The van der Waals surface area contributed by atoms with E-state index in [1.165, 1.54) is 13.2 Å². The second-order valence-corrected chi connectivity index (χ2v) is 8.62. The standard InChI is InChI=1S/C26H24F2N2O2/c1-26(2)13-22-25-17(14-30(22)21-7-5-6-8-23(21)31-3)15(9-10-20(25)29-26)16-11-18(27)19(28)12-24(16)32-4/h5-13,29H,14H2,1-4H3. The van der Waals surface area contributed by atoms with Crippen molar-refractivity contribution in [1.82, 2.24) is 0 Å². The van der Waals surface area contributed by atoms with E-state index in [0.29, 0.717) is 17.9 Å². The summed E-state index contributed by atoms with van der Waals surface area (Å²) in [6.45, 7) is 4.80. The van der Waals surface area contributed by atoms with Gasteiger partial charge in [0.2, 0.25) is 0 Å². The Balaban J connectivity index is 1.75. The smallest absolute Gasteiger partial charge is 0.162 e. The molecule has 0 saturated carbocycles. The molecule has 0 aliphatic carbocycles. The van der Waals surface area contributed by atoms with Crippen LogP contribution in [-0.2, 0) is 6.54 Å². The van der Waals surface area contributed by atoms with Crippen LogP contribution in [-0.4, -0.2) is 19.8 Å². The van der Waals surface area contributed by atoms with Crippen LogP contribution in [0, 0.1) is 11.6 Å². The van der Waals surface area contributed by atoms with E-state index < -0.39 is 11.6 Å². The minimum Gasteiger partial charge on any atom is -0.496 e. The van der Waals surface area contributed by atoms with E-state index in [0.717, 1.165) is 45.6 Å². The van der Waals surface area contributed by atoms with Gasteiger partial charge >= 0.3 is 0 Å². The lowest BCUT2D eigenvalue weighted by Gasteiger charge is -2.33. The van der Waals surface area contributed by atoms with Crippen molar-refractivity contribution in [3.05, 3.63) is 77.4 Å². The highest BCUT2D eigenvalue weighted by molar-refractivity contribution is 5.98. The Hall–Kier alpha value is -3.54. The van der Waals surface area contributed by atoms with Crippen molar-refractivity contribution in [3.8, 4) is 22.6 Å². The molecular weight excluding hydrogens is 410 g/mol. The van der Waals surface area contributed by atoms with Gasteiger partial charge in [0.15, 0.2) is 11.6 Å². The Labute approximate surface area is 186 Å². The van der Waals surface area contributed by atoms with Gasteiger partial charge in [-0.3, -0.25) is 0 Å². The SMILES string of the molecule is COc1cc(F)c(F)cc1-c1ccc2c3c1CN(c1ccccc1OC)C3=CC(C)(C)N2. The zero-order chi connectivity index (χ0) is 22.6. The summed E-state index contributed by atoms with van der Waals surface area (Å²) in [5, 5.41) is 3.58. The van der Waals surface area contributed by atoms with E-state index >= 15 is 0 Å². The maximum absolute atomic E-state index is 14.2. The van der Waals surface area contributed by atoms with Gasteiger partial charge in [-0.15, -0.1) is 0 Å². The van der Waals surface area contributed by atoms with E-state index in [1.807, 2.05) is 36.4 Å². The normalized spacial score (nSPS) is 15.7. The first-order valence-electron chi connectivity index (χ1n) is 10.4. The van der Waals surface area contributed by atoms with Gasteiger partial charge in [0.1, 0.15) is 11.5 Å². The Morgan fingerprint density at radius 1 is 0.906 bits per heavy atom. The molecule has 2 heterocycles. The van der Waals surface area contributed by atoms with Crippen molar-refractivity contribution in [2.24, 2.45) is 0 Å². The highest BCUT2D eigenvalue weighted by atomic mass is 19.2. The van der Waals surface area contributed by atoms with Gasteiger partial charge in [-0.2, -0.15) is 0 Å². The Morgan fingerprint density at radius 3 is 2.38 bits per heavy atom. The lowest BCUT2D eigenvalue weighted by Crippen LogP contribution is -2.33. The average Bonchev–Trinajstić information content (AvgIpc) is 3.14. The number of anilines is 2. The van der Waals surface area contributed by atoms with Crippen LogP contribution >= 0.6 is 0 Å². The number of ether oxygens (including phenoxy) is 2. The predicted molar refractivity (Wildman–Crippen MR) is 123 cm³/mol. The number of rotatable bonds is 4. The molecule has 0 bridgehead atoms. The quantitative estimate of drug-likeness (QED) is 0.529. The molecule has 0 unspecified atom stereocenters. The number of hydrogen-bond donors (Lipinski definition) is 1. The second-order valence-electron chi connectivity index (χ2n) is 8.62. The van der Waals surface area contributed by atoms with Crippen LogP contribution in [0.4, 0.5) is 20.2 Å². The first-order chi connectivity index (χ1) is 15.3. The first kappa shape index (κ1) is 20.4. The molecule has 5 rings (SSSR count). The van der Waals surface area contributed by atoms with Crippen molar-refractivity contribution in [1.29, 1.82) is 0 Å². The zero-order valence-electron chi connectivity index (χ0n) is 18.4. The largest absolute Gasteiger partial charge is 0.496 e. The molecule has 1 N–H and O–H groups in total. The molecule has 0 amide bonds. The van der Waals surface area contributed by atoms with Crippen LogP contribution in [0.5, 0.6) is 11.5 Å². The molecule has 0 saturated heterocycles. The van der Waals surface area contributed by atoms with Gasteiger partial charge in [-0.05, 0) is 55.3 Å². The van der Waals surface area contributed by atoms with Gasteiger partial charge in [-0.1, -0.05) is 18.2 Å². The highest BCUT2D eigenvalue weighted by Crippen LogP contribution is 2.50. The molecule has 164 valence electrons. The van der Waals surface area contributed by atoms with Gasteiger partial charge in [0, 0.05) is 35.1 Å². The van der Waals surface area contributed by atoms with Crippen LogP contribution < -0.4 is 19.7 Å². The number of nitrogens with zero attached hydrogens (tertiary/aromatic N) is 1. The number of methoxy groups -OCH3 is 2. The minimum atomic E-state index is -0.931. The fraction of sp³-hybridized carbons (Fsp3) is 0.231. The van der Waals surface area contributed by atoms with Gasteiger partial charge in [-0.25, -0.2) is 8.78 Å². The first-order valence-corrected chi connectivity index (χ1v) is 10.4. The van der Waals surface area contributed by atoms with Crippen molar-refractivity contribution >= 4 is 17.1 Å². The fourth-order valence-electron chi connectivity index (χ4n) is 4.69. The van der Waals surface area contributed by atoms with Gasteiger partial charge in [0.25, 0.3) is 0 Å². The van der Waals surface area contributed by atoms with E-state index in [-0.39, 0.29) is 5.54 Å². The van der Waals surface area contributed by atoms with Crippen LogP contribution in [0.3, 0.4) is 0 Å². The fourth-order valence-corrected chi connectivity index (χ4v) is 4.69. The molecule has 6 heteroatoms. The number of para-hydroxylation sites is 2. The third-order valence-electron chi connectivity index (χ3n) is 6.04. The summed E-state index contributed by atoms with van der Waals surface area (Å²) < 4.78 is 39.1. The average molecular weight is 434 g/mol. The monoisotopic (exact) mass is 434 g/mol. The van der Waals surface area contributed by atoms with E-state index in [9.17, 15) is 8.78 Å². The molecule has 0 atom stereocenters. The Bertz CT molecular complexity index is 1270. The number of nitrogens with one attached hydrogen (secondary N) is 1. The van der Waals surface area contributed by atoms with Crippen molar-refractivity contribution < 1.29 is 18.3 Å². The molecule has 3 aromatic rings. The van der Waals surface area contributed by atoms with Crippen molar-refractivity contribution in [3.63, 3.8) is 0 Å². The van der Waals surface area contributed by atoms with Crippen molar-refractivity contribution in [2.75, 3.05) is 24.4 Å². The molecule has 0 radical (unpaired) electrons. The van der Waals surface area contributed by atoms with Gasteiger partial charge < -0.3 is 19.7 Å². The summed E-state index contributed by atoms with van der Waals surface area (Å²) in [5.74, 6) is -0.767. The van der Waals surface area contributed by atoms with Crippen LogP contribution in [0.2, 0.25) is 0 Å². The third kappa shape index (κ3) is 3.09. The second kappa shape index (κ2) is 7.26. The number of benzene rings is 3. The molecule has 2 aliphatic heterocycles. The van der Waals surface area contributed by atoms with Crippen LogP contribution in [0.1, 0.15) is 25.0 Å². The summed E-state index contributed by atoms with van der Waals surface area (Å²) in [7, 11) is 3.12. The lowest BCUT2D eigenvalue weighted by atomic mass is 9.89. The van der Waals surface area contributed by atoms with Crippen LogP contribution in [0.25, 0.3) is 16.8 Å². The van der Waals surface area contributed by atoms with E-state index in [4.69, 9.17) is 9.47 Å². The Kier molecular flexibility index (Phi) is 4.62. The van der Waals surface area contributed by atoms with Crippen LogP contribution in [0.15, 0.2) is 54.6 Å². The minimum absolute atomic E-state index is 0.259. The number of halogens is 2. The van der Waals surface area contributed by atoms with Crippen molar-refractivity contribution in [2.45, 2.75) is 25.9 Å².